The number of aliphatic carboxylic acids is 1. The minimum atomic E-state index is -1.37. The zero-order chi connectivity index (χ0) is 21.1. The summed E-state index contributed by atoms with van der Waals surface area (Å²) in [6.07, 6.45) is 1.35. The molecular weight excluding hydrogens is 467 g/mol. The number of hydrogen-bond donors (Lipinski definition) is 1. The molecule has 3 rings (SSSR count). The van der Waals surface area contributed by atoms with Crippen molar-refractivity contribution in [2.45, 2.75) is 0 Å². The van der Waals surface area contributed by atoms with Gasteiger partial charge in [0.15, 0.2) is 5.11 Å². The van der Waals surface area contributed by atoms with Crippen molar-refractivity contribution >= 4 is 62.8 Å². The largest absolute Gasteiger partial charge is 0.546 e. The molecule has 2 aromatic rings. The van der Waals surface area contributed by atoms with E-state index in [1.54, 1.807) is 6.07 Å². The first kappa shape index (κ1) is 20.6. The number of halogens is 2. The van der Waals surface area contributed by atoms with E-state index >= 15 is 0 Å². The van der Waals surface area contributed by atoms with Crippen molar-refractivity contribution in [2.75, 3.05) is 11.5 Å². The van der Waals surface area contributed by atoms with Gasteiger partial charge in [0.2, 0.25) is 0 Å². The number of thiocarbonyl (C=S) groups is 1. The molecule has 2 amide bonds. The number of nitrogens with one attached hydrogen (secondary N) is 1. The van der Waals surface area contributed by atoms with Gasteiger partial charge in [-0.15, -0.1) is 0 Å². The van der Waals surface area contributed by atoms with Crippen LogP contribution in [0.25, 0.3) is 6.08 Å². The monoisotopic (exact) mass is 477 g/mol. The van der Waals surface area contributed by atoms with E-state index in [-0.39, 0.29) is 16.4 Å². The van der Waals surface area contributed by atoms with Gasteiger partial charge < -0.3 is 14.6 Å². The summed E-state index contributed by atoms with van der Waals surface area (Å²) in [5.41, 5.74) is 0.598. The molecule has 0 spiro atoms. The van der Waals surface area contributed by atoms with Crippen molar-refractivity contribution in [3.8, 4) is 5.75 Å². The van der Waals surface area contributed by atoms with Gasteiger partial charge in [0.05, 0.1) is 16.1 Å². The zero-order valence-corrected chi connectivity index (χ0v) is 16.9. The van der Waals surface area contributed by atoms with Crippen molar-refractivity contribution in [2.24, 2.45) is 0 Å². The minimum absolute atomic E-state index is 0.115. The summed E-state index contributed by atoms with van der Waals surface area (Å²) in [5.74, 6) is -2.94. The SMILES string of the molecule is O=C([O-])COc1ccc(/C=C2\C(=O)NC(=S)N(c3ccc(F)cc3)C2=O)cc1Br. The molecule has 0 aliphatic carbocycles. The number of carboxylic acid groups (broad SMARTS) is 1. The Balaban J connectivity index is 1.91. The van der Waals surface area contributed by atoms with Crippen LogP contribution in [0.2, 0.25) is 0 Å². The lowest BCUT2D eigenvalue weighted by Gasteiger charge is -2.28. The molecule has 0 aromatic heterocycles. The Labute approximate surface area is 177 Å². The lowest BCUT2D eigenvalue weighted by molar-refractivity contribution is -0.307. The van der Waals surface area contributed by atoms with Crippen molar-refractivity contribution < 1.29 is 28.6 Å². The van der Waals surface area contributed by atoms with Crippen LogP contribution in [0.1, 0.15) is 5.56 Å². The van der Waals surface area contributed by atoms with Gasteiger partial charge in [-0.1, -0.05) is 6.07 Å². The third-order valence-corrected chi connectivity index (χ3v) is 4.70. The van der Waals surface area contributed by atoms with E-state index in [4.69, 9.17) is 17.0 Å². The molecule has 0 unspecified atom stereocenters. The molecule has 1 N–H and O–H groups in total. The third-order valence-electron chi connectivity index (χ3n) is 3.80. The number of carbonyl (C=O) groups is 3. The average molecular weight is 478 g/mol. The third kappa shape index (κ3) is 4.66. The molecule has 1 aliphatic rings. The van der Waals surface area contributed by atoms with E-state index in [1.807, 2.05) is 0 Å². The van der Waals surface area contributed by atoms with E-state index in [1.165, 1.54) is 42.5 Å². The van der Waals surface area contributed by atoms with Gasteiger partial charge in [-0.3, -0.25) is 19.8 Å². The Morgan fingerprint density at radius 3 is 2.55 bits per heavy atom. The van der Waals surface area contributed by atoms with Gasteiger partial charge in [-0.05, 0) is 76.2 Å². The number of carboxylic acids is 1. The van der Waals surface area contributed by atoms with E-state index in [0.717, 1.165) is 4.90 Å². The molecule has 7 nitrogen and oxygen atoms in total. The number of hydrogen-bond acceptors (Lipinski definition) is 6. The van der Waals surface area contributed by atoms with Crippen LogP contribution in [0, 0.1) is 5.82 Å². The molecule has 0 radical (unpaired) electrons. The Bertz CT molecular complexity index is 1060. The van der Waals surface area contributed by atoms with Gasteiger partial charge in [0.25, 0.3) is 11.8 Å². The fraction of sp³-hybridized carbons (Fsp3) is 0.0526. The number of anilines is 1. The Morgan fingerprint density at radius 1 is 1.24 bits per heavy atom. The highest BCUT2D eigenvalue weighted by atomic mass is 79.9. The fourth-order valence-electron chi connectivity index (χ4n) is 2.51. The smallest absolute Gasteiger partial charge is 0.270 e. The van der Waals surface area contributed by atoms with E-state index < -0.39 is 30.2 Å². The lowest BCUT2D eigenvalue weighted by atomic mass is 10.1. The summed E-state index contributed by atoms with van der Waals surface area (Å²) in [4.78, 5) is 36.8. The van der Waals surface area contributed by atoms with Crippen molar-refractivity contribution in [3.05, 3.63) is 63.9 Å². The summed E-state index contributed by atoms with van der Waals surface area (Å²) in [7, 11) is 0. The summed E-state index contributed by atoms with van der Waals surface area (Å²) < 4.78 is 18.6. The lowest BCUT2D eigenvalue weighted by Crippen LogP contribution is -2.54. The average Bonchev–Trinajstić information content (AvgIpc) is 2.65. The Morgan fingerprint density at radius 2 is 1.93 bits per heavy atom. The van der Waals surface area contributed by atoms with Gasteiger partial charge in [0.1, 0.15) is 23.7 Å². The molecule has 1 fully saturated rings. The van der Waals surface area contributed by atoms with Crippen LogP contribution in [0.4, 0.5) is 10.1 Å². The second-order valence-electron chi connectivity index (χ2n) is 5.78. The highest BCUT2D eigenvalue weighted by molar-refractivity contribution is 9.10. The molecule has 0 saturated carbocycles. The number of benzene rings is 2. The number of amides is 2. The summed E-state index contributed by atoms with van der Waals surface area (Å²) in [6.45, 7) is -0.621. The van der Waals surface area contributed by atoms with Crippen LogP contribution in [0.3, 0.4) is 0 Å². The van der Waals surface area contributed by atoms with Crippen LogP contribution in [-0.2, 0) is 14.4 Å². The number of rotatable bonds is 5. The molecule has 1 aliphatic heterocycles. The molecule has 0 atom stereocenters. The van der Waals surface area contributed by atoms with E-state index in [9.17, 15) is 23.9 Å². The van der Waals surface area contributed by atoms with Crippen molar-refractivity contribution in [1.82, 2.24) is 5.32 Å². The summed E-state index contributed by atoms with van der Waals surface area (Å²) >= 11 is 8.31. The summed E-state index contributed by atoms with van der Waals surface area (Å²) in [5, 5.41) is 12.8. The van der Waals surface area contributed by atoms with Crippen LogP contribution in [0.15, 0.2) is 52.5 Å². The predicted molar refractivity (Wildman–Crippen MR) is 107 cm³/mol. The second-order valence-corrected chi connectivity index (χ2v) is 7.03. The second kappa shape index (κ2) is 8.50. The fourth-order valence-corrected chi connectivity index (χ4v) is 3.30. The Hall–Kier alpha value is -3.11. The normalized spacial score (nSPS) is 15.4. The standard InChI is InChI=1S/C19H12BrFN2O5S/c20-14-8-10(1-6-15(14)28-9-16(24)25)7-13-17(26)22-19(29)23(18(13)27)12-4-2-11(21)3-5-12/h1-8H,9H2,(H,24,25)(H,22,26,29)/p-1/b13-7+. The molecule has 1 heterocycles. The number of carbonyl (C=O) groups excluding carboxylic acids is 3. The van der Waals surface area contributed by atoms with Crippen molar-refractivity contribution in [3.63, 3.8) is 0 Å². The maximum absolute atomic E-state index is 13.2. The number of nitrogens with zero attached hydrogens (tertiary/aromatic N) is 1. The van der Waals surface area contributed by atoms with E-state index in [0.29, 0.717) is 15.7 Å². The van der Waals surface area contributed by atoms with Crippen LogP contribution in [0.5, 0.6) is 5.75 Å². The van der Waals surface area contributed by atoms with Crippen LogP contribution in [-0.4, -0.2) is 29.5 Å². The Kier molecular flexibility index (Phi) is 6.04. The first-order chi connectivity index (χ1) is 13.8. The highest BCUT2D eigenvalue weighted by Crippen LogP contribution is 2.28. The topological polar surface area (TPSA) is 98.8 Å². The van der Waals surface area contributed by atoms with Crippen molar-refractivity contribution in [1.29, 1.82) is 0 Å². The maximum Gasteiger partial charge on any atom is 0.270 e. The quantitative estimate of drug-likeness (QED) is 0.398. The van der Waals surface area contributed by atoms with Gasteiger partial charge >= 0.3 is 0 Å². The maximum atomic E-state index is 13.2. The molecule has 29 heavy (non-hydrogen) atoms. The van der Waals surface area contributed by atoms with E-state index in [2.05, 4.69) is 21.2 Å². The molecule has 148 valence electrons. The first-order valence-electron chi connectivity index (χ1n) is 8.05. The first-order valence-corrected chi connectivity index (χ1v) is 9.25. The predicted octanol–water partition coefficient (Wildman–Crippen LogP) is 1.55. The van der Waals surface area contributed by atoms with Crippen LogP contribution < -0.4 is 20.1 Å². The summed E-state index contributed by atoms with van der Waals surface area (Å²) in [6, 6.07) is 9.66. The molecular formula is C19H11BrFN2O5S-. The molecule has 10 heteroatoms. The highest BCUT2D eigenvalue weighted by Gasteiger charge is 2.34. The van der Waals surface area contributed by atoms with Gasteiger partial charge in [-0.25, -0.2) is 4.39 Å². The minimum Gasteiger partial charge on any atom is -0.546 e. The molecule has 2 aromatic carbocycles. The van der Waals surface area contributed by atoms with Gasteiger partial charge in [-0.2, -0.15) is 0 Å². The molecule has 0 bridgehead atoms. The van der Waals surface area contributed by atoms with Gasteiger partial charge in [0, 0.05) is 0 Å². The number of ether oxygens (including phenoxy) is 1. The zero-order valence-electron chi connectivity index (χ0n) is 14.5. The van der Waals surface area contributed by atoms with Crippen LogP contribution >= 0.6 is 28.1 Å². The molecule has 1 saturated heterocycles.